The fraction of sp³-hybridized carbons (Fsp3) is 0.400. The number of rotatable bonds is 4. The van der Waals surface area contributed by atoms with E-state index in [1.807, 2.05) is 13.1 Å². The first-order chi connectivity index (χ1) is 12.0. The maximum absolute atomic E-state index is 12.4. The third-order valence-electron chi connectivity index (χ3n) is 4.91. The van der Waals surface area contributed by atoms with Gasteiger partial charge in [0.25, 0.3) is 0 Å². The van der Waals surface area contributed by atoms with Crippen LogP contribution in [-0.4, -0.2) is 44.9 Å². The van der Waals surface area contributed by atoms with Crippen LogP contribution in [0.2, 0.25) is 0 Å². The summed E-state index contributed by atoms with van der Waals surface area (Å²) >= 11 is 0. The average molecular weight is 339 g/mol. The Hall–Kier alpha value is -2.40. The molecule has 1 aromatic carbocycles. The van der Waals surface area contributed by atoms with E-state index >= 15 is 0 Å². The van der Waals surface area contributed by atoms with Crippen molar-refractivity contribution in [1.29, 1.82) is 0 Å². The zero-order chi connectivity index (χ0) is 17.8. The summed E-state index contributed by atoms with van der Waals surface area (Å²) < 4.78 is 1.71. The van der Waals surface area contributed by atoms with Crippen LogP contribution in [0.4, 0.5) is 0 Å². The van der Waals surface area contributed by atoms with E-state index in [4.69, 9.17) is 0 Å². The highest BCUT2D eigenvalue weighted by atomic mass is 16.3. The molecule has 1 N–H and O–H groups in total. The lowest BCUT2D eigenvalue weighted by Gasteiger charge is -2.35. The molecule has 0 bridgehead atoms. The zero-order valence-electron chi connectivity index (χ0n) is 14.8. The van der Waals surface area contributed by atoms with E-state index in [2.05, 4.69) is 36.3 Å². The van der Waals surface area contributed by atoms with Crippen LogP contribution in [-0.2, 0) is 18.3 Å². The number of likely N-dealkylation sites (tertiary alicyclic amines) is 1. The minimum Gasteiger partial charge on any atom is -0.391 e. The van der Waals surface area contributed by atoms with Crippen LogP contribution in [0.1, 0.15) is 23.2 Å². The second-order valence-electron chi connectivity index (χ2n) is 6.80. The Kier molecular flexibility index (Phi) is 5.34. The predicted molar refractivity (Wildman–Crippen MR) is 97.8 cm³/mol. The number of aromatic nitrogens is 2. The number of carbonyl (C=O) groups excluding carboxylic acids is 1. The minimum atomic E-state index is -0.482. The highest BCUT2D eigenvalue weighted by Crippen LogP contribution is 2.23. The van der Waals surface area contributed by atoms with Crippen molar-refractivity contribution in [2.24, 2.45) is 13.0 Å². The second-order valence-corrected chi connectivity index (χ2v) is 6.80. The normalized spacial score (nSPS) is 21.0. The van der Waals surface area contributed by atoms with Gasteiger partial charge in [0.1, 0.15) is 0 Å². The summed E-state index contributed by atoms with van der Waals surface area (Å²) in [6.45, 7) is 3.15. The fourth-order valence-corrected chi connectivity index (χ4v) is 3.26. The molecule has 5 nitrogen and oxygen atoms in total. The number of benzene rings is 1. The predicted octanol–water partition coefficient (Wildman–Crippen LogP) is 2.19. The minimum absolute atomic E-state index is 0.0611. The molecule has 1 aliphatic heterocycles. The number of aliphatic hydroxyl groups excluding tert-OH is 1. The Bertz CT molecular complexity index is 749. The molecule has 0 saturated carbocycles. The Balaban J connectivity index is 1.55. The van der Waals surface area contributed by atoms with Crippen LogP contribution in [0, 0.1) is 12.8 Å². The van der Waals surface area contributed by atoms with Gasteiger partial charge in [-0.25, -0.2) is 0 Å². The van der Waals surface area contributed by atoms with Gasteiger partial charge in [0.05, 0.1) is 11.8 Å². The van der Waals surface area contributed by atoms with Gasteiger partial charge in [-0.2, -0.15) is 5.10 Å². The molecule has 1 aliphatic rings. The number of piperidine rings is 1. The summed E-state index contributed by atoms with van der Waals surface area (Å²) in [5.41, 5.74) is 3.36. The third-order valence-corrected chi connectivity index (χ3v) is 4.91. The molecule has 1 fully saturated rings. The molecule has 2 aromatic rings. The summed E-state index contributed by atoms with van der Waals surface area (Å²) in [5.74, 6) is 0.141. The van der Waals surface area contributed by atoms with E-state index in [0.717, 1.165) is 18.5 Å². The molecular weight excluding hydrogens is 314 g/mol. The lowest BCUT2D eigenvalue weighted by molar-refractivity contribution is -0.130. The molecule has 1 saturated heterocycles. The molecule has 2 heterocycles. The van der Waals surface area contributed by atoms with E-state index in [1.165, 1.54) is 11.1 Å². The highest BCUT2D eigenvalue weighted by molar-refractivity contribution is 5.91. The molecule has 0 spiro atoms. The Morgan fingerprint density at radius 2 is 2.08 bits per heavy atom. The number of nitrogens with zero attached hydrogens (tertiary/aromatic N) is 3. The van der Waals surface area contributed by atoms with Gasteiger partial charge >= 0.3 is 0 Å². The van der Waals surface area contributed by atoms with Crippen LogP contribution in [0.3, 0.4) is 0 Å². The van der Waals surface area contributed by atoms with E-state index < -0.39 is 6.10 Å². The van der Waals surface area contributed by atoms with Crippen molar-refractivity contribution >= 4 is 12.0 Å². The molecular formula is C20H25N3O2. The number of aliphatic hydroxyl groups is 1. The van der Waals surface area contributed by atoms with Gasteiger partial charge < -0.3 is 10.0 Å². The molecule has 0 unspecified atom stereocenters. The average Bonchev–Trinajstić information content (AvgIpc) is 3.01. The SMILES string of the molecule is Cc1ccc(C[C@H]2CCN(C(=O)/C=C/c3ccnn3C)C[C@H]2O)cc1. The Morgan fingerprint density at radius 3 is 2.72 bits per heavy atom. The van der Waals surface area contributed by atoms with Gasteiger partial charge in [0, 0.05) is 32.4 Å². The molecule has 3 rings (SSSR count). The number of amides is 1. The molecule has 0 radical (unpaired) electrons. The molecule has 5 heteroatoms. The smallest absolute Gasteiger partial charge is 0.246 e. The fourth-order valence-electron chi connectivity index (χ4n) is 3.26. The number of β-amino-alcohol motifs (C(OH)–C–C–N with tert-alkyl or cyclic N) is 1. The highest BCUT2D eigenvalue weighted by Gasteiger charge is 2.29. The van der Waals surface area contributed by atoms with Crippen molar-refractivity contribution in [1.82, 2.24) is 14.7 Å². The summed E-state index contributed by atoms with van der Waals surface area (Å²) in [6, 6.07) is 10.3. The standard InChI is InChI=1S/C20H25N3O2/c1-15-3-5-16(6-4-15)13-17-10-12-23(14-19(17)24)20(25)8-7-18-9-11-21-22(18)2/h3-9,11,17,19,24H,10,12-14H2,1-2H3/b8-7+/t17-,19-/m1/s1. The largest absolute Gasteiger partial charge is 0.391 e. The molecule has 1 amide bonds. The zero-order valence-corrected chi connectivity index (χ0v) is 14.8. The van der Waals surface area contributed by atoms with Gasteiger partial charge in [0.15, 0.2) is 0 Å². The van der Waals surface area contributed by atoms with Gasteiger partial charge in [0.2, 0.25) is 5.91 Å². The number of hydrogen-bond donors (Lipinski definition) is 1. The van der Waals surface area contributed by atoms with Crippen LogP contribution >= 0.6 is 0 Å². The van der Waals surface area contributed by atoms with Crippen molar-refractivity contribution < 1.29 is 9.90 Å². The molecule has 25 heavy (non-hydrogen) atoms. The van der Waals surface area contributed by atoms with Crippen molar-refractivity contribution in [3.05, 3.63) is 59.4 Å². The second kappa shape index (κ2) is 7.66. The van der Waals surface area contributed by atoms with Gasteiger partial charge in [-0.05, 0) is 43.4 Å². The van der Waals surface area contributed by atoms with Crippen molar-refractivity contribution in [2.45, 2.75) is 25.9 Å². The van der Waals surface area contributed by atoms with E-state index in [-0.39, 0.29) is 11.8 Å². The lowest BCUT2D eigenvalue weighted by Crippen LogP contribution is -2.46. The van der Waals surface area contributed by atoms with Crippen molar-refractivity contribution in [3.63, 3.8) is 0 Å². The Morgan fingerprint density at radius 1 is 1.32 bits per heavy atom. The van der Waals surface area contributed by atoms with E-state index in [1.54, 1.807) is 27.9 Å². The first-order valence-corrected chi connectivity index (χ1v) is 8.71. The summed E-state index contributed by atoms with van der Waals surface area (Å²) in [6.07, 6.45) is 6.22. The van der Waals surface area contributed by atoms with Crippen molar-refractivity contribution in [3.8, 4) is 0 Å². The first kappa shape index (κ1) is 17.4. The summed E-state index contributed by atoms with van der Waals surface area (Å²) in [4.78, 5) is 14.1. The van der Waals surface area contributed by atoms with Crippen LogP contribution in [0.5, 0.6) is 0 Å². The summed E-state index contributed by atoms with van der Waals surface area (Å²) in [7, 11) is 1.84. The maximum Gasteiger partial charge on any atom is 0.246 e. The van der Waals surface area contributed by atoms with E-state index in [0.29, 0.717) is 13.1 Å². The quantitative estimate of drug-likeness (QED) is 0.869. The van der Waals surface area contributed by atoms with Gasteiger partial charge in [-0.3, -0.25) is 9.48 Å². The lowest BCUT2D eigenvalue weighted by atomic mass is 9.87. The van der Waals surface area contributed by atoms with Gasteiger partial charge in [-0.15, -0.1) is 0 Å². The van der Waals surface area contributed by atoms with Gasteiger partial charge in [-0.1, -0.05) is 29.8 Å². The molecule has 2 atom stereocenters. The molecule has 132 valence electrons. The van der Waals surface area contributed by atoms with Crippen LogP contribution in [0.15, 0.2) is 42.6 Å². The van der Waals surface area contributed by atoms with Crippen LogP contribution in [0.25, 0.3) is 6.08 Å². The number of hydrogen-bond acceptors (Lipinski definition) is 3. The molecule has 1 aromatic heterocycles. The number of carbonyl (C=O) groups is 1. The summed E-state index contributed by atoms with van der Waals surface area (Å²) in [5, 5.41) is 14.5. The monoisotopic (exact) mass is 339 g/mol. The van der Waals surface area contributed by atoms with Crippen molar-refractivity contribution in [2.75, 3.05) is 13.1 Å². The van der Waals surface area contributed by atoms with E-state index in [9.17, 15) is 9.90 Å². The third kappa shape index (κ3) is 4.37. The maximum atomic E-state index is 12.4. The van der Waals surface area contributed by atoms with Crippen LogP contribution < -0.4 is 0 Å². The first-order valence-electron chi connectivity index (χ1n) is 8.71. The number of aryl methyl sites for hydroxylation is 2. The molecule has 0 aliphatic carbocycles. The Labute approximate surface area is 148 Å². The topological polar surface area (TPSA) is 58.4 Å².